The number of amides is 1. The van der Waals surface area contributed by atoms with Crippen molar-refractivity contribution in [3.05, 3.63) is 33.8 Å². The Balaban J connectivity index is 2.29. The van der Waals surface area contributed by atoms with E-state index in [4.69, 9.17) is 0 Å². The first-order valence-electron chi connectivity index (χ1n) is 5.45. The minimum Gasteiger partial charge on any atom is -0.338 e. The van der Waals surface area contributed by atoms with Gasteiger partial charge in [0.05, 0.1) is 11.1 Å². The Morgan fingerprint density at radius 2 is 2.00 bits per heavy atom. The van der Waals surface area contributed by atoms with Crippen molar-refractivity contribution < 1.29 is 18.0 Å². The van der Waals surface area contributed by atoms with Crippen molar-refractivity contribution in [1.29, 1.82) is 0 Å². The van der Waals surface area contributed by atoms with Gasteiger partial charge >= 0.3 is 6.18 Å². The molecule has 0 N–H and O–H groups in total. The van der Waals surface area contributed by atoms with E-state index >= 15 is 0 Å². The highest BCUT2D eigenvalue weighted by Gasteiger charge is 2.33. The number of alkyl halides is 3. The predicted molar refractivity (Wildman–Crippen MR) is 64.2 cm³/mol. The van der Waals surface area contributed by atoms with Crippen LogP contribution in [0.1, 0.15) is 22.8 Å². The number of hydrogen-bond donors (Lipinski definition) is 0. The maximum absolute atomic E-state index is 12.6. The number of nitrogens with zero attached hydrogens (tertiary/aromatic N) is 1. The van der Waals surface area contributed by atoms with E-state index < -0.39 is 11.7 Å². The number of rotatable bonds is 1. The Morgan fingerprint density at radius 3 is 2.50 bits per heavy atom. The summed E-state index contributed by atoms with van der Waals surface area (Å²) in [4.78, 5) is 13.5. The SMILES string of the molecule is CC1CN(C(=O)c2cc(C(F)(F)F)ccc2Br)C1. The van der Waals surface area contributed by atoms with E-state index in [9.17, 15) is 18.0 Å². The van der Waals surface area contributed by atoms with Crippen LogP contribution in [0.5, 0.6) is 0 Å². The Bertz CT molecular complexity index is 481. The Hall–Kier alpha value is -1.04. The maximum atomic E-state index is 12.6. The standard InChI is InChI=1S/C12H11BrF3NO/c1-7-5-17(6-7)11(18)9-4-8(12(14,15)16)2-3-10(9)13/h2-4,7H,5-6H2,1H3. The quantitative estimate of drug-likeness (QED) is 0.774. The van der Waals surface area contributed by atoms with Crippen molar-refractivity contribution in [3.8, 4) is 0 Å². The molecule has 1 aliphatic rings. The summed E-state index contributed by atoms with van der Waals surface area (Å²) < 4.78 is 38.1. The molecule has 1 heterocycles. The lowest BCUT2D eigenvalue weighted by Gasteiger charge is -2.37. The second-order valence-corrected chi connectivity index (χ2v) is 5.36. The van der Waals surface area contributed by atoms with Crippen LogP contribution in [-0.2, 0) is 6.18 Å². The van der Waals surface area contributed by atoms with Crippen molar-refractivity contribution in [3.63, 3.8) is 0 Å². The van der Waals surface area contributed by atoms with Gasteiger partial charge in [-0.15, -0.1) is 0 Å². The molecule has 0 saturated carbocycles. The molecule has 1 aliphatic heterocycles. The molecule has 1 aromatic carbocycles. The zero-order valence-corrected chi connectivity index (χ0v) is 11.2. The van der Waals surface area contributed by atoms with E-state index in [0.717, 1.165) is 12.1 Å². The second kappa shape index (κ2) is 4.57. The normalized spacial score (nSPS) is 16.6. The van der Waals surface area contributed by atoms with Crippen LogP contribution >= 0.6 is 15.9 Å². The molecule has 0 bridgehead atoms. The Kier molecular flexibility index (Phi) is 3.40. The third-order valence-electron chi connectivity index (χ3n) is 2.88. The van der Waals surface area contributed by atoms with Crippen LogP contribution in [0.3, 0.4) is 0 Å². The topological polar surface area (TPSA) is 20.3 Å². The molecule has 2 rings (SSSR count). The molecule has 0 radical (unpaired) electrons. The lowest BCUT2D eigenvalue weighted by atomic mass is 10.0. The van der Waals surface area contributed by atoms with Crippen LogP contribution in [0.2, 0.25) is 0 Å². The summed E-state index contributed by atoms with van der Waals surface area (Å²) in [6.07, 6.45) is -4.43. The summed E-state index contributed by atoms with van der Waals surface area (Å²) in [5.41, 5.74) is -0.737. The van der Waals surface area contributed by atoms with Crippen molar-refractivity contribution in [2.24, 2.45) is 5.92 Å². The summed E-state index contributed by atoms with van der Waals surface area (Å²) in [5, 5.41) is 0. The van der Waals surface area contributed by atoms with E-state index in [-0.39, 0.29) is 11.5 Å². The van der Waals surface area contributed by atoms with Gasteiger partial charge in [-0.05, 0) is 40.0 Å². The number of carbonyl (C=O) groups excluding carboxylic acids is 1. The van der Waals surface area contributed by atoms with E-state index in [1.807, 2.05) is 6.92 Å². The smallest absolute Gasteiger partial charge is 0.338 e. The number of halogens is 4. The van der Waals surface area contributed by atoms with Gasteiger partial charge in [-0.3, -0.25) is 4.79 Å². The minimum absolute atomic E-state index is 0.0664. The number of likely N-dealkylation sites (tertiary alicyclic amines) is 1. The molecule has 0 aromatic heterocycles. The monoisotopic (exact) mass is 321 g/mol. The molecule has 0 unspecified atom stereocenters. The molecule has 1 aromatic rings. The van der Waals surface area contributed by atoms with Gasteiger partial charge in [-0.25, -0.2) is 0 Å². The molecular formula is C12H11BrF3NO. The van der Waals surface area contributed by atoms with Crippen LogP contribution in [0.15, 0.2) is 22.7 Å². The van der Waals surface area contributed by atoms with Crippen LogP contribution in [-0.4, -0.2) is 23.9 Å². The molecule has 1 fully saturated rings. The van der Waals surface area contributed by atoms with Crippen LogP contribution in [0.4, 0.5) is 13.2 Å². The second-order valence-electron chi connectivity index (χ2n) is 4.51. The summed E-state index contributed by atoms with van der Waals surface area (Å²) in [6, 6.07) is 3.12. The first kappa shape index (κ1) is 13.4. The Morgan fingerprint density at radius 1 is 1.39 bits per heavy atom. The summed E-state index contributed by atoms with van der Waals surface area (Å²) in [7, 11) is 0. The first-order valence-corrected chi connectivity index (χ1v) is 6.24. The van der Waals surface area contributed by atoms with Crippen molar-refractivity contribution in [1.82, 2.24) is 4.90 Å². The van der Waals surface area contributed by atoms with Crippen LogP contribution in [0, 0.1) is 5.92 Å². The first-order chi connectivity index (χ1) is 8.29. The fourth-order valence-electron chi connectivity index (χ4n) is 1.90. The highest BCUT2D eigenvalue weighted by atomic mass is 79.9. The van der Waals surface area contributed by atoms with Gasteiger partial charge in [-0.1, -0.05) is 6.92 Å². The minimum atomic E-state index is -4.43. The van der Waals surface area contributed by atoms with Gasteiger partial charge in [0.2, 0.25) is 0 Å². The lowest BCUT2D eigenvalue weighted by Crippen LogP contribution is -2.48. The van der Waals surface area contributed by atoms with Gasteiger partial charge in [0.1, 0.15) is 0 Å². The fourth-order valence-corrected chi connectivity index (χ4v) is 2.32. The van der Waals surface area contributed by atoms with Crippen molar-refractivity contribution in [2.45, 2.75) is 13.1 Å². The molecule has 0 spiro atoms. The van der Waals surface area contributed by atoms with Crippen molar-refractivity contribution in [2.75, 3.05) is 13.1 Å². The van der Waals surface area contributed by atoms with Crippen LogP contribution in [0.25, 0.3) is 0 Å². The average Bonchev–Trinajstić information content (AvgIpc) is 2.23. The van der Waals surface area contributed by atoms with Gasteiger partial charge < -0.3 is 4.90 Å². The summed E-state index contributed by atoms with van der Waals surface area (Å²) in [5.74, 6) is 0.0598. The zero-order valence-electron chi connectivity index (χ0n) is 9.59. The van der Waals surface area contributed by atoms with Crippen molar-refractivity contribution >= 4 is 21.8 Å². The molecule has 0 aliphatic carbocycles. The van der Waals surface area contributed by atoms with Crippen LogP contribution < -0.4 is 0 Å². The third kappa shape index (κ3) is 2.53. The fraction of sp³-hybridized carbons (Fsp3) is 0.417. The molecule has 1 saturated heterocycles. The largest absolute Gasteiger partial charge is 0.416 e. The average molecular weight is 322 g/mol. The van der Waals surface area contributed by atoms with Gasteiger partial charge in [0, 0.05) is 17.6 Å². The van der Waals surface area contributed by atoms with Gasteiger partial charge in [0.25, 0.3) is 5.91 Å². The number of carbonyl (C=O) groups is 1. The van der Waals surface area contributed by atoms with E-state index in [1.165, 1.54) is 6.07 Å². The molecule has 1 amide bonds. The zero-order chi connectivity index (χ0) is 13.5. The van der Waals surface area contributed by atoms with E-state index in [1.54, 1.807) is 4.90 Å². The highest BCUT2D eigenvalue weighted by molar-refractivity contribution is 9.10. The van der Waals surface area contributed by atoms with E-state index in [2.05, 4.69) is 15.9 Å². The number of hydrogen-bond acceptors (Lipinski definition) is 1. The van der Waals surface area contributed by atoms with E-state index in [0.29, 0.717) is 23.5 Å². The molecule has 18 heavy (non-hydrogen) atoms. The van der Waals surface area contributed by atoms with Gasteiger partial charge in [-0.2, -0.15) is 13.2 Å². The Labute approximate surface area is 111 Å². The summed E-state index contributed by atoms with van der Waals surface area (Å²) >= 11 is 3.12. The third-order valence-corrected chi connectivity index (χ3v) is 3.57. The van der Waals surface area contributed by atoms with Gasteiger partial charge in [0.15, 0.2) is 0 Å². The summed E-state index contributed by atoms with van der Waals surface area (Å²) in [6.45, 7) is 3.19. The predicted octanol–water partition coefficient (Wildman–Crippen LogP) is 3.56. The molecule has 6 heteroatoms. The highest BCUT2D eigenvalue weighted by Crippen LogP contribution is 2.32. The maximum Gasteiger partial charge on any atom is 0.416 e. The number of benzene rings is 1. The lowest BCUT2D eigenvalue weighted by molar-refractivity contribution is -0.137. The molecule has 98 valence electrons. The molecular weight excluding hydrogens is 311 g/mol. The molecule has 2 nitrogen and oxygen atoms in total. The molecule has 0 atom stereocenters.